The number of nitrogens with zero attached hydrogens (tertiary/aromatic N) is 2. The lowest BCUT2D eigenvalue weighted by Gasteiger charge is -2.21. The summed E-state index contributed by atoms with van der Waals surface area (Å²) in [7, 11) is 0. The smallest absolute Gasteiger partial charge is 0.154 e. The molecule has 2 heterocycles. The second-order valence-corrected chi connectivity index (χ2v) is 2.75. The van der Waals surface area contributed by atoms with E-state index in [1.165, 1.54) is 0 Å². The van der Waals surface area contributed by atoms with Crippen LogP contribution in [0.1, 0.15) is 6.92 Å². The van der Waals surface area contributed by atoms with Crippen molar-refractivity contribution in [3.8, 4) is 0 Å². The van der Waals surface area contributed by atoms with Crippen LogP contribution < -0.4 is 0 Å². The van der Waals surface area contributed by atoms with Gasteiger partial charge in [0.2, 0.25) is 0 Å². The van der Waals surface area contributed by atoms with Crippen molar-refractivity contribution in [2.24, 2.45) is 4.99 Å². The molecule has 0 saturated carbocycles. The normalized spacial score (nSPS) is 34.0. The third-order valence-electron chi connectivity index (χ3n) is 1.92. The van der Waals surface area contributed by atoms with Gasteiger partial charge >= 0.3 is 0 Å². The first-order valence-electron chi connectivity index (χ1n) is 3.68. The SMILES string of the molecule is C[C@H]1N=C2C=CC=CN2C1O. The van der Waals surface area contributed by atoms with E-state index in [0.717, 1.165) is 5.84 Å². The van der Waals surface area contributed by atoms with Crippen molar-refractivity contribution in [3.05, 3.63) is 24.4 Å². The van der Waals surface area contributed by atoms with Gasteiger partial charge in [-0.15, -0.1) is 0 Å². The zero-order valence-corrected chi connectivity index (χ0v) is 6.31. The summed E-state index contributed by atoms with van der Waals surface area (Å²) in [4.78, 5) is 6.01. The molecule has 0 bridgehead atoms. The zero-order valence-electron chi connectivity index (χ0n) is 6.31. The summed E-state index contributed by atoms with van der Waals surface area (Å²) in [5.41, 5.74) is 0. The molecule has 3 heteroatoms. The average molecular weight is 150 g/mol. The van der Waals surface area contributed by atoms with E-state index in [1.807, 2.05) is 31.4 Å². The van der Waals surface area contributed by atoms with Crippen LogP contribution in [0.25, 0.3) is 0 Å². The largest absolute Gasteiger partial charge is 0.371 e. The van der Waals surface area contributed by atoms with Gasteiger partial charge in [-0.2, -0.15) is 0 Å². The van der Waals surface area contributed by atoms with E-state index in [9.17, 15) is 5.11 Å². The number of allylic oxidation sites excluding steroid dienone is 2. The Hall–Kier alpha value is -1.09. The Bertz CT molecular complexity index is 255. The number of rotatable bonds is 0. The minimum atomic E-state index is -0.480. The van der Waals surface area contributed by atoms with Gasteiger partial charge in [-0.1, -0.05) is 6.08 Å². The molecule has 1 unspecified atom stereocenters. The van der Waals surface area contributed by atoms with Crippen LogP contribution >= 0.6 is 0 Å². The highest BCUT2D eigenvalue weighted by atomic mass is 16.3. The molecule has 0 aliphatic carbocycles. The topological polar surface area (TPSA) is 35.8 Å². The van der Waals surface area contributed by atoms with E-state index in [0.29, 0.717) is 0 Å². The number of aliphatic imine (C=N–C) groups is 1. The van der Waals surface area contributed by atoms with Crippen molar-refractivity contribution in [2.45, 2.75) is 19.2 Å². The van der Waals surface area contributed by atoms with Gasteiger partial charge in [0.05, 0.1) is 6.04 Å². The second kappa shape index (κ2) is 2.20. The molecule has 0 saturated heterocycles. The standard InChI is InChI=1S/C8H10N2O/c1-6-8(11)10-5-3-2-4-7(10)9-6/h2-6,8,11H,1H3/t6-,8?/m1/s1. The molecule has 0 spiro atoms. The molecule has 0 amide bonds. The van der Waals surface area contributed by atoms with Crippen molar-refractivity contribution in [3.63, 3.8) is 0 Å². The van der Waals surface area contributed by atoms with Crippen LogP contribution in [-0.2, 0) is 0 Å². The monoisotopic (exact) mass is 150 g/mol. The van der Waals surface area contributed by atoms with Gasteiger partial charge in [0, 0.05) is 6.20 Å². The maximum Gasteiger partial charge on any atom is 0.154 e. The lowest BCUT2D eigenvalue weighted by molar-refractivity contribution is 0.0787. The Balaban J connectivity index is 2.32. The van der Waals surface area contributed by atoms with Crippen LogP contribution in [0.2, 0.25) is 0 Å². The van der Waals surface area contributed by atoms with Crippen molar-refractivity contribution < 1.29 is 5.11 Å². The molecule has 58 valence electrons. The second-order valence-electron chi connectivity index (χ2n) is 2.75. The molecule has 11 heavy (non-hydrogen) atoms. The summed E-state index contributed by atoms with van der Waals surface area (Å²) < 4.78 is 0. The van der Waals surface area contributed by atoms with Gasteiger partial charge in [0.25, 0.3) is 0 Å². The molecule has 2 rings (SSSR count). The van der Waals surface area contributed by atoms with Crippen molar-refractivity contribution in [1.82, 2.24) is 4.90 Å². The predicted octanol–water partition coefficient (Wildman–Crippen LogP) is 0.491. The Kier molecular flexibility index (Phi) is 1.32. The van der Waals surface area contributed by atoms with E-state index in [1.54, 1.807) is 4.90 Å². The molecule has 0 aromatic carbocycles. The Morgan fingerprint density at radius 1 is 1.55 bits per heavy atom. The van der Waals surface area contributed by atoms with Gasteiger partial charge in [-0.3, -0.25) is 4.99 Å². The van der Waals surface area contributed by atoms with Crippen LogP contribution in [-0.4, -0.2) is 28.1 Å². The van der Waals surface area contributed by atoms with Gasteiger partial charge in [0.15, 0.2) is 6.23 Å². The number of amidine groups is 1. The first-order valence-corrected chi connectivity index (χ1v) is 3.68. The molecular formula is C8H10N2O. The number of hydrogen-bond acceptors (Lipinski definition) is 3. The molecule has 0 radical (unpaired) electrons. The van der Waals surface area contributed by atoms with Crippen molar-refractivity contribution >= 4 is 5.84 Å². The van der Waals surface area contributed by atoms with Crippen molar-refractivity contribution in [2.75, 3.05) is 0 Å². The third kappa shape index (κ3) is 0.886. The molecule has 2 atom stereocenters. The van der Waals surface area contributed by atoms with E-state index in [4.69, 9.17) is 0 Å². The lowest BCUT2D eigenvalue weighted by Crippen LogP contribution is -2.34. The fraction of sp³-hybridized carbons (Fsp3) is 0.375. The maximum absolute atomic E-state index is 9.52. The average Bonchev–Trinajstić information content (AvgIpc) is 2.30. The van der Waals surface area contributed by atoms with E-state index in [2.05, 4.69) is 4.99 Å². The fourth-order valence-electron chi connectivity index (χ4n) is 1.29. The highest BCUT2D eigenvalue weighted by Gasteiger charge is 2.29. The number of hydrogen-bond donors (Lipinski definition) is 1. The molecule has 0 aromatic rings. The van der Waals surface area contributed by atoms with Gasteiger partial charge in [-0.25, -0.2) is 0 Å². The molecule has 2 aliphatic heterocycles. The van der Waals surface area contributed by atoms with E-state index < -0.39 is 6.23 Å². The highest BCUT2D eigenvalue weighted by molar-refractivity contribution is 5.96. The minimum Gasteiger partial charge on any atom is -0.371 e. The summed E-state index contributed by atoms with van der Waals surface area (Å²) in [6.45, 7) is 1.90. The molecule has 2 aliphatic rings. The summed E-state index contributed by atoms with van der Waals surface area (Å²) in [5, 5.41) is 9.52. The molecule has 0 fully saturated rings. The van der Waals surface area contributed by atoms with Crippen molar-refractivity contribution in [1.29, 1.82) is 0 Å². The first-order chi connectivity index (χ1) is 5.29. The minimum absolute atomic E-state index is 0.0163. The van der Waals surface area contributed by atoms with Crippen LogP contribution in [0.3, 0.4) is 0 Å². The fourth-order valence-corrected chi connectivity index (χ4v) is 1.29. The molecule has 1 N–H and O–H groups in total. The van der Waals surface area contributed by atoms with Crippen LogP contribution in [0, 0.1) is 0 Å². The van der Waals surface area contributed by atoms with Crippen LogP contribution in [0.15, 0.2) is 29.4 Å². The van der Waals surface area contributed by atoms with E-state index >= 15 is 0 Å². The van der Waals surface area contributed by atoms with Crippen LogP contribution in [0.4, 0.5) is 0 Å². The Labute approximate surface area is 65.4 Å². The highest BCUT2D eigenvalue weighted by Crippen LogP contribution is 2.18. The molecule has 3 nitrogen and oxygen atoms in total. The maximum atomic E-state index is 9.52. The Morgan fingerprint density at radius 2 is 2.36 bits per heavy atom. The van der Waals surface area contributed by atoms with Crippen LogP contribution in [0.5, 0.6) is 0 Å². The van der Waals surface area contributed by atoms with Gasteiger partial charge < -0.3 is 10.0 Å². The summed E-state index contributed by atoms with van der Waals surface area (Å²) in [5.74, 6) is 0.854. The first kappa shape index (κ1) is 6.61. The number of aliphatic hydroxyl groups excluding tert-OH is 1. The Morgan fingerprint density at radius 3 is 3.09 bits per heavy atom. The molecule has 0 aromatic heterocycles. The summed E-state index contributed by atoms with van der Waals surface area (Å²) in [6, 6.07) is -0.0163. The number of aliphatic hydroxyl groups is 1. The van der Waals surface area contributed by atoms with Gasteiger partial charge in [-0.05, 0) is 19.1 Å². The summed E-state index contributed by atoms with van der Waals surface area (Å²) >= 11 is 0. The number of fused-ring (bicyclic) bond motifs is 1. The van der Waals surface area contributed by atoms with Gasteiger partial charge in [0.1, 0.15) is 5.84 Å². The quantitative estimate of drug-likeness (QED) is 0.545. The molecular weight excluding hydrogens is 140 g/mol. The lowest BCUT2D eigenvalue weighted by atomic mass is 10.3. The zero-order chi connectivity index (χ0) is 7.84. The summed E-state index contributed by atoms with van der Waals surface area (Å²) in [6.07, 6.45) is 7.06. The van der Waals surface area contributed by atoms with E-state index in [-0.39, 0.29) is 6.04 Å². The third-order valence-corrected chi connectivity index (χ3v) is 1.92. The predicted molar refractivity (Wildman–Crippen MR) is 43.0 cm³/mol.